The summed E-state index contributed by atoms with van der Waals surface area (Å²) in [5.74, 6) is -2.72. The molecule has 1 aromatic carbocycles. The minimum absolute atomic E-state index is 0.154. The van der Waals surface area contributed by atoms with Crippen molar-refractivity contribution < 1.29 is 9.59 Å². The lowest BCUT2D eigenvalue weighted by Crippen LogP contribution is -2.28. The number of hydrogen-bond donors (Lipinski definition) is 1. The van der Waals surface area contributed by atoms with E-state index in [9.17, 15) is 9.59 Å². The molecule has 1 atom stereocenters. The molecule has 0 aromatic heterocycles. The number of anilines is 1. The SMILES string of the molecule is C=C(C)C(=O)C(C#N)C(=O)Nc1ccc(C#N)cc1. The number of rotatable bonds is 4. The Morgan fingerprint density at radius 3 is 2.26 bits per heavy atom. The van der Waals surface area contributed by atoms with Crippen molar-refractivity contribution in [2.45, 2.75) is 6.92 Å². The summed E-state index contributed by atoms with van der Waals surface area (Å²) < 4.78 is 0. The first-order valence-electron chi connectivity index (χ1n) is 5.40. The van der Waals surface area contributed by atoms with Crippen LogP contribution < -0.4 is 5.32 Å². The van der Waals surface area contributed by atoms with Crippen LogP contribution in [0.3, 0.4) is 0 Å². The molecule has 0 saturated carbocycles. The smallest absolute Gasteiger partial charge is 0.249 e. The predicted octanol–water partition coefficient (Wildman–Crippen LogP) is 1.78. The number of allylic oxidation sites excluding steroid dienone is 1. The molecule has 0 aliphatic heterocycles. The van der Waals surface area contributed by atoms with Crippen molar-refractivity contribution in [3.8, 4) is 12.1 Å². The average Bonchev–Trinajstić information content (AvgIpc) is 2.40. The first-order chi connectivity index (χ1) is 8.99. The molecule has 19 heavy (non-hydrogen) atoms. The van der Waals surface area contributed by atoms with Gasteiger partial charge >= 0.3 is 0 Å². The maximum Gasteiger partial charge on any atom is 0.249 e. The topological polar surface area (TPSA) is 93.8 Å². The Hall–Kier alpha value is -2.92. The molecule has 0 saturated heterocycles. The van der Waals surface area contributed by atoms with Gasteiger partial charge in [-0.3, -0.25) is 9.59 Å². The van der Waals surface area contributed by atoms with E-state index < -0.39 is 17.6 Å². The van der Waals surface area contributed by atoms with Crippen molar-refractivity contribution in [2.75, 3.05) is 5.32 Å². The summed E-state index contributed by atoms with van der Waals surface area (Å²) in [7, 11) is 0. The quantitative estimate of drug-likeness (QED) is 0.653. The zero-order chi connectivity index (χ0) is 14.4. The fraction of sp³-hybridized carbons (Fsp3) is 0.143. The average molecular weight is 253 g/mol. The number of hydrogen-bond acceptors (Lipinski definition) is 4. The van der Waals surface area contributed by atoms with Gasteiger partial charge in [0.2, 0.25) is 5.91 Å². The predicted molar refractivity (Wildman–Crippen MR) is 68.7 cm³/mol. The van der Waals surface area contributed by atoms with Crippen LogP contribution in [0.15, 0.2) is 36.4 Å². The first kappa shape index (κ1) is 14.1. The van der Waals surface area contributed by atoms with E-state index in [0.717, 1.165) is 0 Å². The molecule has 1 unspecified atom stereocenters. The Labute approximate surface area is 110 Å². The van der Waals surface area contributed by atoms with E-state index >= 15 is 0 Å². The van der Waals surface area contributed by atoms with E-state index in [4.69, 9.17) is 10.5 Å². The second-order valence-corrected chi connectivity index (χ2v) is 3.89. The van der Waals surface area contributed by atoms with Crippen LogP contribution in [-0.2, 0) is 9.59 Å². The number of Topliss-reactive ketones (excluding diaryl/α,β-unsaturated/α-hetero) is 1. The lowest BCUT2D eigenvalue weighted by atomic mass is 10.00. The summed E-state index contributed by atoms with van der Waals surface area (Å²) in [6.07, 6.45) is 0. The lowest BCUT2D eigenvalue weighted by molar-refractivity contribution is -0.126. The van der Waals surface area contributed by atoms with Crippen LogP contribution in [0, 0.1) is 28.6 Å². The van der Waals surface area contributed by atoms with Gasteiger partial charge in [0.1, 0.15) is 0 Å². The Bertz CT molecular complexity index is 603. The zero-order valence-corrected chi connectivity index (χ0v) is 10.3. The number of nitrogens with one attached hydrogen (secondary N) is 1. The summed E-state index contributed by atoms with van der Waals surface area (Å²) in [5.41, 5.74) is 1.02. The number of carbonyl (C=O) groups excluding carboxylic acids is 2. The molecular weight excluding hydrogens is 242 g/mol. The fourth-order valence-corrected chi connectivity index (χ4v) is 1.33. The molecule has 1 N–H and O–H groups in total. The van der Waals surface area contributed by atoms with Gasteiger partial charge in [-0.25, -0.2) is 0 Å². The monoisotopic (exact) mass is 253 g/mol. The number of benzene rings is 1. The van der Waals surface area contributed by atoms with E-state index in [1.165, 1.54) is 31.2 Å². The van der Waals surface area contributed by atoms with Crippen molar-refractivity contribution >= 4 is 17.4 Å². The third-order valence-corrected chi connectivity index (χ3v) is 2.36. The van der Waals surface area contributed by atoms with E-state index in [1.54, 1.807) is 6.07 Å². The Morgan fingerprint density at radius 1 is 1.26 bits per heavy atom. The van der Waals surface area contributed by atoms with E-state index in [0.29, 0.717) is 11.3 Å². The molecule has 0 fully saturated rings. The number of carbonyl (C=O) groups is 2. The standard InChI is InChI=1S/C14H11N3O2/c1-9(2)13(18)12(8-16)14(19)17-11-5-3-10(7-15)4-6-11/h3-6,12H,1H2,2H3,(H,17,19). The molecule has 1 rings (SSSR count). The van der Waals surface area contributed by atoms with Crippen molar-refractivity contribution in [3.63, 3.8) is 0 Å². The summed E-state index contributed by atoms with van der Waals surface area (Å²) in [5, 5.41) is 19.9. The summed E-state index contributed by atoms with van der Waals surface area (Å²) >= 11 is 0. The molecule has 5 nitrogen and oxygen atoms in total. The summed E-state index contributed by atoms with van der Waals surface area (Å²) in [6.45, 7) is 4.87. The van der Waals surface area contributed by atoms with E-state index in [1.807, 2.05) is 6.07 Å². The highest BCUT2D eigenvalue weighted by atomic mass is 16.2. The Balaban J connectivity index is 2.83. The highest BCUT2D eigenvalue weighted by Gasteiger charge is 2.26. The van der Waals surface area contributed by atoms with E-state index in [-0.39, 0.29) is 5.57 Å². The van der Waals surface area contributed by atoms with Crippen LogP contribution in [0.25, 0.3) is 0 Å². The molecule has 1 aromatic rings. The van der Waals surface area contributed by atoms with Gasteiger partial charge in [-0.2, -0.15) is 10.5 Å². The van der Waals surface area contributed by atoms with Gasteiger partial charge in [0, 0.05) is 5.69 Å². The Kier molecular flexibility index (Phi) is 4.56. The van der Waals surface area contributed by atoms with E-state index in [2.05, 4.69) is 11.9 Å². The lowest BCUT2D eigenvalue weighted by Gasteiger charge is -2.09. The third kappa shape index (κ3) is 3.52. The molecule has 0 spiro atoms. The van der Waals surface area contributed by atoms with Crippen molar-refractivity contribution in [2.24, 2.45) is 5.92 Å². The van der Waals surface area contributed by atoms with Crippen LogP contribution in [0.5, 0.6) is 0 Å². The van der Waals surface area contributed by atoms with Gasteiger partial charge in [0.15, 0.2) is 11.7 Å². The normalized spacial score (nSPS) is 10.7. The molecule has 1 amide bonds. The van der Waals surface area contributed by atoms with Gasteiger partial charge in [-0.05, 0) is 36.8 Å². The number of nitriles is 2. The van der Waals surface area contributed by atoms with Gasteiger partial charge in [0.05, 0.1) is 17.7 Å². The van der Waals surface area contributed by atoms with Crippen molar-refractivity contribution in [1.82, 2.24) is 0 Å². The molecule has 94 valence electrons. The second-order valence-electron chi connectivity index (χ2n) is 3.89. The van der Waals surface area contributed by atoms with Gasteiger partial charge < -0.3 is 5.32 Å². The molecule has 0 aliphatic rings. The maximum absolute atomic E-state index is 11.8. The number of nitrogens with zero attached hydrogens (tertiary/aromatic N) is 2. The first-order valence-corrected chi connectivity index (χ1v) is 5.40. The fourth-order valence-electron chi connectivity index (χ4n) is 1.33. The molecule has 0 heterocycles. The van der Waals surface area contributed by atoms with Gasteiger partial charge in [-0.1, -0.05) is 6.58 Å². The highest BCUT2D eigenvalue weighted by molar-refractivity contribution is 6.14. The third-order valence-electron chi connectivity index (χ3n) is 2.36. The summed E-state index contributed by atoms with van der Waals surface area (Å²) in [6, 6.07) is 9.69. The van der Waals surface area contributed by atoms with Crippen molar-refractivity contribution in [3.05, 3.63) is 42.0 Å². The van der Waals surface area contributed by atoms with Crippen LogP contribution in [0.1, 0.15) is 12.5 Å². The zero-order valence-electron chi connectivity index (χ0n) is 10.3. The van der Waals surface area contributed by atoms with Crippen molar-refractivity contribution in [1.29, 1.82) is 10.5 Å². The number of ketones is 1. The second kappa shape index (κ2) is 6.13. The number of amides is 1. The van der Waals surface area contributed by atoms with Crippen LogP contribution >= 0.6 is 0 Å². The van der Waals surface area contributed by atoms with Crippen LogP contribution in [-0.4, -0.2) is 11.7 Å². The van der Waals surface area contributed by atoms with Crippen LogP contribution in [0.4, 0.5) is 5.69 Å². The Morgan fingerprint density at radius 2 is 1.84 bits per heavy atom. The van der Waals surface area contributed by atoms with Crippen LogP contribution in [0.2, 0.25) is 0 Å². The highest BCUT2D eigenvalue weighted by Crippen LogP contribution is 2.12. The molecular formula is C14H11N3O2. The van der Waals surface area contributed by atoms with Gasteiger partial charge in [-0.15, -0.1) is 0 Å². The minimum atomic E-state index is -1.41. The largest absolute Gasteiger partial charge is 0.325 e. The molecule has 0 aliphatic carbocycles. The molecule has 5 heteroatoms. The molecule has 0 bridgehead atoms. The maximum atomic E-state index is 11.8. The van der Waals surface area contributed by atoms with Gasteiger partial charge in [0.25, 0.3) is 0 Å². The molecule has 0 radical (unpaired) electrons. The minimum Gasteiger partial charge on any atom is -0.325 e. The summed E-state index contributed by atoms with van der Waals surface area (Å²) in [4.78, 5) is 23.4.